The molecule has 0 bridgehead atoms. The number of thiazole rings is 2. The van der Waals surface area contributed by atoms with Crippen molar-refractivity contribution in [3.63, 3.8) is 0 Å². The highest BCUT2D eigenvalue weighted by molar-refractivity contribution is 8.00. The van der Waals surface area contributed by atoms with E-state index in [1.807, 2.05) is 26.7 Å². The van der Waals surface area contributed by atoms with E-state index < -0.39 is 29.2 Å². The van der Waals surface area contributed by atoms with Gasteiger partial charge in [0.2, 0.25) is 11.2 Å². The zero-order chi connectivity index (χ0) is 27.0. The number of aliphatic carboxylic acids is 1. The Hall–Kier alpha value is -3.96. The number of aromatic nitrogens is 3. The molecule has 2 aliphatic heterocycles. The molecular weight excluding hydrogens is 556 g/mol. The number of rotatable bonds is 10. The number of oxime groups is 1. The predicted octanol–water partition coefficient (Wildman–Crippen LogP) is -1.97. The number of β-lactam (4-membered cyclic amide) rings is 1. The third kappa shape index (κ3) is 4.48. The highest BCUT2D eigenvalue weighted by Gasteiger charge is 2.53. The summed E-state index contributed by atoms with van der Waals surface area (Å²) in [7, 11) is 1.27. The number of fused-ring (bicyclic) bond motifs is 2. The molecule has 4 N–H and O–H groups in total. The molecule has 0 unspecified atom stereocenters. The summed E-state index contributed by atoms with van der Waals surface area (Å²) in [6.07, 6.45) is 4.29. The molecule has 5 heterocycles. The van der Waals surface area contributed by atoms with Crippen LogP contribution in [0, 0.1) is 0 Å². The Morgan fingerprint density at radius 1 is 1.42 bits per heavy atom. The largest absolute Gasteiger partial charge is 0.543 e. The van der Waals surface area contributed by atoms with Gasteiger partial charge in [-0.3, -0.25) is 19.3 Å². The van der Waals surface area contributed by atoms with Crippen LogP contribution >= 0.6 is 34.4 Å². The van der Waals surface area contributed by atoms with Gasteiger partial charge in [-0.05, 0) is 0 Å². The minimum Gasteiger partial charge on any atom is -0.543 e. The number of hydrogen-bond donors (Lipinski definition) is 3. The Kier molecular flexibility index (Phi) is 7.04. The smallest absolute Gasteiger partial charge is 0.282 e. The van der Waals surface area contributed by atoms with Gasteiger partial charge in [0, 0.05) is 22.1 Å². The van der Waals surface area contributed by atoms with Crippen LogP contribution in [0.4, 0.5) is 5.13 Å². The van der Waals surface area contributed by atoms with E-state index in [1.165, 1.54) is 35.6 Å². The van der Waals surface area contributed by atoms with E-state index in [0.29, 0.717) is 12.0 Å². The molecule has 0 aliphatic carbocycles. The molecule has 0 saturated carbocycles. The van der Waals surface area contributed by atoms with Gasteiger partial charge in [-0.1, -0.05) is 16.5 Å². The summed E-state index contributed by atoms with van der Waals surface area (Å²) in [4.78, 5) is 59.9. The molecule has 0 spiro atoms. The predicted molar refractivity (Wildman–Crippen MR) is 136 cm³/mol. The number of nitrogen functional groups attached to an aromatic ring is 1. The van der Waals surface area contributed by atoms with Crippen molar-refractivity contribution in [2.75, 3.05) is 18.6 Å². The number of hydrogen-bond acceptors (Lipinski definition) is 12. The second-order valence-electron chi connectivity index (χ2n) is 8.08. The fourth-order valence-electron chi connectivity index (χ4n) is 4.30. The van der Waals surface area contributed by atoms with Crippen LogP contribution in [0.15, 0.2) is 39.6 Å². The van der Waals surface area contributed by atoms with E-state index in [0.717, 1.165) is 26.9 Å². The second kappa shape index (κ2) is 10.4. The van der Waals surface area contributed by atoms with E-state index in [-0.39, 0.29) is 41.1 Å². The van der Waals surface area contributed by atoms with Crippen molar-refractivity contribution < 1.29 is 33.7 Å². The maximum absolute atomic E-state index is 13.1. The molecule has 1 fully saturated rings. The third-order valence-corrected chi connectivity index (χ3v) is 8.72. The Morgan fingerprint density at radius 2 is 2.24 bits per heavy atom. The molecule has 3 aromatic heterocycles. The van der Waals surface area contributed by atoms with Crippen molar-refractivity contribution >= 4 is 74.3 Å². The first kappa shape index (κ1) is 25.7. The molecule has 0 aromatic carbocycles. The van der Waals surface area contributed by atoms with Crippen LogP contribution in [0.1, 0.15) is 11.5 Å². The van der Waals surface area contributed by atoms with Gasteiger partial charge in [0.05, 0.1) is 11.7 Å². The lowest BCUT2D eigenvalue weighted by Gasteiger charge is -2.50. The summed E-state index contributed by atoms with van der Waals surface area (Å²) in [5.41, 5.74) is 5.92. The summed E-state index contributed by atoms with van der Waals surface area (Å²) >= 11 is 3.92. The van der Waals surface area contributed by atoms with Gasteiger partial charge >= 0.3 is 0 Å². The number of carboxylic acid groups (broad SMARTS) is 1. The number of anilines is 1. The zero-order valence-electron chi connectivity index (χ0n) is 19.7. The highest BCUT2D eigenvalue weighted by atomic mass is 32.2. The van der Waals surface area contributed by atoms with Crippen LogP contribution in [0.5, 0.6) is 0 Å². The zero-order valence-corrected chi connectivity index (χ0v) is 22.1. The van der Waals surface area contributed by atoms with E-state index >= 15 is 0 Å². The molecule has 2 atom stereocenters. The minimum atomic E-state index is -1.49. The van der Waals surface area contributed by atoms with Gasteiger partial charge in [-0.25, -0.2) is 9.55 Å². The first-order valence-corrected chi connectivity index (χ1v) is 13.8. The van der Waals surface area contributed by atoms with Crippen LogP contribution in [0.25, 0.3) is 4.83 Å². The van der Waals surface area contributed by atoms with Crippen LogP contribution in [0.2, 0.25) is 0 Å². The standard InChI is InChI=1S/C21H20N8O6S3/c1-35-26-14(11-8-38-21(22)24-11)17(31)25-15-18(32)29-16(20(33)34)10(7-37-19(15)29)5-27-6-13-28(2-3-36-13)12(27)4-23-9-30/h2-3,6,8-9,15,19H,4-5,7H2,1H3,(H4-,22,23,24,25,30,31,33,34)/b26-14-/t15-,19-/m1/s1. The Balaban J connectivity index is 1.38. The molecule has 0 radical (unpaired) electrons. The van der Waals surface area contributed by atoms with Crippen LogP contribution < -0.4 is 26.0 Å². The molecule has 1 saturated heterocycles. The van der Waals surface area contributed by atoms with Crippen molar-refractivity contribution in [1.29, 1.82) is 0 Å². The molecule has 2 aliphatic rings. The summed E-state index contributed by atoms with van der Waals surface area (Å²) in [5.74, 6) is -1.77. The first-order chi connectivity index (χ1) is 18.3. The van der Waals surface area contributed by atoms with Gasteiger partial charge in [0.15, 0.2) is 10.8 Å². The second-order valence-corrected chi connectivity index (χ2v) is 11.0. The maximum Gasteiger partial charge on any atom is 0.282 e. The van der Waals surface area contributed by atoms with Crippen molar-refractivity contribution in [3.05, 3.63) is 45.9 Å². The molecule has 14 nitrogen and oxygen atoms in total. The van der Waals surface area contributed by atoms with Crippen molar-refractivity contribution in [3.8, 4) is 0 Å². The Morgan fingerprint density at radius 3 is 2.92 bits per heavy atom. The topological polar surface area (TPSA) is 187 Å². The molecule has 3 amide bonds. The number of carbonyl (C=O) groups excluding carboxylic acids is 4. The Bertz CT molecular complexity index is 1510. The van der Waals surface area contributed by atoms with Crippen molar-refractivity contribution in [2.45, 2.75) is 24.5 Å². The number of nitrogens with two attached hydrogens (primary N) is 1. The third-order valence-electron chi connectivity index (χ3n) is 5.91. The average molecular weight is 577 g/mol. The number of imidazole rings is 1. The molecule has 3 aromatic rings. The van der Waals surface area contributed by atoms with Gasteiger partial charge in [0.1, 0.15) is 49.7 Å². The van der Waals surface area contributed by atoms with E-state index in [2.05, 4.69) is 20.8 Å². The van der Waals surface area contributed by atoms with Crippen LogP contribution in [-0.4, -0.2) is 68.5 Å². The monoisotopic (exact) mass is 576 g/mol. The molecular formula is C21H20N8O6S3. The number of carbonyl (C=O) groups is 4. The number of thioether (sulfide) groups is 1. The summed E-state index contributed by atoms with van der Waals surface area (Å²) in [6.45, 7) is 0.398. The molecule has 198 valence electrons. The summed E-state index contributed by atoms with van der Waals surface area (Å²) < 4.78 is 3.73. The van der Waals surface area contributed by atoms with Crippen molar-refractivity contribution in [2.24, 2.45) is 5.16 Å². The quantitative estimate of drug-likeness (QED) is 0.0809. The average Bonchev–Trinajstić information content (AvgIpc) is 3.60. The van der Waals surface area contributed by atoms with E-state index in [1.54, 1.807) is 0 Å². The lowest BCUT2D eigenvalue weighted by Crippen LogP contribution is -2.71. The molecule has 5 rings (SSSR count). The summed E-state index contributed by atoms with van der Waals surface area (Å²) in [6, 6.07) is -0.985. The minimum absolute atomic E-state index is 0.162. The SMILES string of the molecule is CO/N=C(\C(=O)N[C@@H]1C(=O)N2C(C(=O)[O-])=C(C[n+]3cc4sccn4c3CNC=O)CS[C@H]12)c1csc(N)n1. The molecule has 38 heavy (non-hydrogen) atoms. The number of nitrogens with zero attached hydrogens (tertiary/aromatic N) is 5. The lowest BCUT2D eigenvalue weighted by atomic mass is 10.0. The van der Waals surface area contributed by atoms with Crippen LogP contribution in [0.3, 0.4) is 0 Å². The number of carboxylic acids is 1. The van der Waals surface area contributed by atoms with Crippen molar-refractivity contribution in [1.82, 2.24) is 24.9 Å². The summed E-state index contributed by atoms with van der Waals surface area (Å²) in [5, 5.41) is 24.2. The fraction of sp³-hybridized carbons (Fsp3) is 0.286. The van der Waals surface area contributed by atoms with E-state index in [9.17, 15) is 24.3 Å². The Labute approximate surface area is 226 Å². The van der Waals surface area contributed by atoms with Crippen LogP contribution in [-0.2, 0) is 37.1 Å². The normalized spacial score (nSPS) is 19.2. The van der Waals surface area contributed by atoms with Gasteiger partial charge in [-0.2, -0.15) is 4.40 Å². The van der Waals surface area contributed by atoms with Gasteiger partial charge in [0.25, 0.3) is 17.6 Å². The maximum atomic E-state index is 13.1. The van der Waals surface area contributed by atoms with Gasteiger partial charge in [-0.15, -0.1) is 23.1 Å². The van der Waals surface area contributed by atoms with Gasteiger partial charge < -0.3 is 31.1 Å². The van der Waals surface area contributed by atoms with E-state index in [4.69, 9.17) is 10.6 Å². The number of nitrogens with one attached hydrogen (secondary N) is 2. The first-order valence-electron chi connectivity index (χ1n) is 11.0. The lowest BCUT2D eigenvalue weighted by molar-refractivity contribution is -0.695. The number of amides is 3. The molecule has 17 heteroatoms. The highest BCUT2D eigenvalue weighted by Crippen LogP contribution is 2.40. The fourth-order valence-corrected chi connectivity index (χ4v) is 6.97.